The van der Waals surface area contributed by atoms with Gasteiger partial charge in [0, 0.05) is 29.5 Å². The normalized spacial score (nSPS) is 12.0. The Morgan fingerprint density at radius 3 is 2.66 bits per heavy atom. The number of hydrogen-bond acceptors (Lipinski definition) is 3. The summed E-state index contributed by atoms with van der Waals surface area (Å²) >= 11 is 3.42. The molecule has 1 N–H and O–H groups in total. The van der Waals surface area contributed by atoms with Crippen molar-refractivity contribution in [3.63, 3.8) is 0 Å². The molecule has 1 aromatic heterocycles. The van der Waals surface area contributed by atoms with Crippen molar-refractivity contribution < 1.29 is 9.53 Å². The molecule has 0 aliphatic rings. The number of nitrogens with zero attached hydrogens (tertiary/aromatic N) is 2. The minimum atomic E-state index is -0.0817. The Labute approximate surface area is 215 Å². The lowest BCUT2D eigenvalue weighted by Crippen LogP contribution is -2.26. The average Bonchev–Trinajstić information content (AvgIpc) is 3.23. The molecule has 35 heavy (non-hydrogen) atoms. The molecule has 1 atom stereocenters. The minimum Gasteiger partial charge on any atom is -0.494 e. The number of halogens is 1. The lowest BCUT2D eigenvalue weighted by atomic mass is 9.99. The summed E-state index contributed by atoms with van der Waals surface area (Å²) in [7, 11) is 0. The summed E-state index contributed by atoms with van der Waals surface area (Å²) in [6.07, 6.45) is 2.66. The molecular weight excluding hydrogens is 502 g/mol. The van der Waals surface area contributed by atoms with Crippen LogP contribution in [0.4, 0.5) is 0 Å². The third-order valence-electron chi connectivity index (χ3n) is 6.31. The molecule has 4 aromatic rings. The van der Waals surface area contributed by atoms with E-state index in [0.29, 0.717) is 31.1 Å². The van der Waals surface area contributed by atoms with E-state index >= 15 is 0 Å². The van der Waals surface area contributed by atoms with Crippen molar-refractivity contribution in [2.75, 3.05) is 13.2 Å². The number of aromatic nitrogens is 2. The van der Waals surface area contributed by atoms with Crippen LogP contribution < -0.4 is 10.1 Å². The molecular formula is C29H32BrN3O2. The van der Waals surface area contributed by atoms with Gasteiger partial charge in [0.15, 0.2) is 0 Å². The SMILES string of the molecule is CCC(C)c1ccc(OCCCn2c(CCNC(=O)c3cccc(Br)c3)nc3ccccc32)cc1. The zero-order valence-corrected chi connectivity index (χ0v) is 21.9. The molecule has 3 aromatic carbocycles. The number of benzene rings is 3. The van der Waals surface area contributed by atoms with Crippen molar-refractivity contribution in [2.45, 2.75) is 45.6 Å². The van der Waals surface area contributed by atoms with Crippen LogP contribution in [0.15, 0.2) is 77.3 Å². The molecule has 182 valence electrons. The van der Waals surface area contributed by atoms with Crippen LogP contribution in [0.5, 0.6) is 5.75 Å². The number of nitrogens with one attached hydrogen (secondary N) is 1. The molecule has 0 bridgehead atoms. The van der Waals surface area contributed by atoms with E-state index in [-0.39, 0.29) is 5.91 Å². The number of para-hydroxylation sites is 2. The first-order chi connectivity index (χ1) is 17.0. The van der Waals surface area contributed by atoms with Gasteiger partial charge in [-0.25, -0.2) is 4.98 Å². The molecule has 1 unspecified atom stereocenters. The maximum atomic E-state index is 12.5. The fourth-order valence-electron chi connectivity index (χ4n) is 4.13. The van der Waals surface area contributed by atoms with Gasteiger partial charge in [0.1, 0.15) is 11.6 Å². The van der Waals surface area contributed by atoms with Gasteiger partial charge < -0.3 is 14.6 Å². The highest BCUT2D eigenvalue weighted by Gasteiger charge is 2.12. The largest absolute Gasteiger partial charge is 0.494 e. The molecule has 6 heteroatoms. The van der Waals surface area contributed by atoms with Gasteiger partial charge in [-0.2, -0.15) is 0 Å². The predicted molar refractivity (Wildman–Crippen MR) is 145 cm³/mol. The monoisotopic (exact) mass is 533 g/mol. The molecule has 0 saturated heterocycles. The number of carbonyl (C=O) groups is 1. The molecule has 0 radical (unpaired) electrons. The Kier molecular flexibility index (Phi) is 8.59. The van der Waals surface area contributed by atoms with E-state index in [9.17, 15) is 4.79 Å². The quantitative estimate of drug-likeness (QED) is 0.217. The van der Waals surface area contributed by atoms with E-state index in [1.54, 1.807) is 0 Å². The van der Waals surface area contributed by atoms with Crippen LogP contribution in [-0.2, 0) is 13.0 Å². The van der Waals surface area contributed by atoms with E-state index in [4.69, 9.17) is 9.72 Å². The highest BCUT2D eigenvalue weighted by molar-refractivity contribution is 9.10. The fraction of sp³-hybridized carbons (Fsp3) is 0.310. The molecule has 0 spiro atoms. The zero-order chi connectivity index (χ0) is 24.6. The van der Waals surface area contributed by atoms with Crippen molar-refractivity contribution in [1.82, 2.24) is 14.9 Å². The number of aryl methyl sites for hydroxylation is 1. The second-order valence-corrected chi connectivity index (χ2v) is 9.68. The number of hydrogen-bond donors (Lipinski definition) is 1. The maximum Gasteiger partial charge on any atom is 0.251 e. The number of carbonyl (C=O) groups excluding carboxylic acids is 1. The summed E-state index contributed by atoms with van der Waals surface area (Å²) in [6, 6.07) is 24.0. The van der Waals surface area contributed by atoms with Crippen molar-refractivity contribution in [3.05, 3.63) is 94.2 Å². The molecule has 1 amide bonds. The zero-order valence-electron chi connectivity index (χ0n) is 20.3. The Bertz CT molecular complexity index is 1270. The number of fused-ring (bicyclic) bond motifs is 1. The Morgan fingerprint density at radius 1 is 1.09 bits per heavy atom. The van der Waals surface area contributed by atoms with Crippen LogP contribution >= 0.6 is 15.9 Å². The first-order valence-electron chi connectivity index (χ1n) is 12.3. The summed E-state index contributed by atoms with van der Waals surface area (Å²) in [5, 5.41) is 3.01. The van der Waals surface area contributed by atoms with E-state index < -0.39 is 0 Å². The lowest BCUT2D eigenvalue weighted by Gasteiger charge is -2.12. The van der Waals surface area contributed by atoms with Crippen LogP contribution in [0.2, 0.25) is 0 Å². The topological polar surface area (TPSA) is 56.1 Å². The molecule has 0 saturated carbocycles. The molecule has 0 fully saturated rings. The van der Waals surface area contributed by atoms with Crippen molar-refractivity contribution in [3.8, 4) is 5.75 Å². The van der Waals surface area contributed by atoms with Gasteiger partial charge in [-0.15, -0.1) is 0 Å². The molecule has 0 aliphatic carbocycles. The summed E-state index contributed by atoms with van der Waals surface area (Å²) < 4.78 is 9.14. The number of imidazole rings is 1. The van der Waals surface area contributed by atoms with Gasteiger partial charge in [0.2, 0.25) is 0 Å². The highest BCUT2D eigenvalue weighted by atomic mass is 79.9. The van der Waals surface area contributed by atoms with Crippen LogP contribution in [0.3, 0.4) is 0 Å². The summed E-state index contributed by atoms with van der Waals surface area (Å²) in [5.74, 6) is 2.36. The van der Waals surface area contributed by atoms with Crippen LogP contribution in [0.1, 0.15) is 54.4 Å². The second kappa shape index (κ2) is 12.0. The summed E-state index contributed by atoms with van der Waals surface area (Å²) in [4.78, 5) is 17.3. The van der Waals surface area contributed by atoms with Crippen LogP contribution in [-0.4, -0.2) is 28.6 Å². The minimum absolute atomic E-state index is 0.0817. The average molecular weight is 534 g/mol. The van der Waals surface area contributed by atoms with Gasteiger partial charge >= 0.3 is 0 Å². The van der Waals surface area contributed by atoms with Crippen molar-refractivity contribution in [2.24, 2.45) is 0 Å². The van der Waals surface area contributed by atoms with Crippen molar-refractivity contribution >= 4 is 32.9 Å². The van der Waals surface area contributed by atoms with Gasteiger partial charge in [0.05, 0.1) is 17.6 Å². The highest BCUT2D eigenvalue weighted by Crippen LogP contribution is 2.22. The number of amides is 1. The van der Waals surface area contributed by atoms with Crippen LogP contribution in [0, 0.1) is 0 Å². The smallest absolute Gasteiger partial charge is 0.251 e. The Hall–Kier alpha value is -3.12. The van der Waals surface area contributed by atoms with E-state index in [2.05, 4.69) is 70.0 Å². The van der Waals surface area contributed by atoms with Gasteiger partial charge in [-0.3, -0.25) is 4.79 Å². The molecule has 5 nitrogen and oxygen atoms in total. The molecule has 0 aliphatic heterocycles. The third-order valence-corrected chi connectivity index (χ3v) is 6.80. The number of ether oxygens (including phenoxy) is 1. The predicted octanol–water partition coefficient (Wildman–Crippen LogP) is 6.75. The Morgan fingerprint density at radius 2 is 1.89 bits per heavy atom. The fourth-order valence-corrected chi connectivity index (χ4v) is 4.53. The first-order valence-corrected chi connectivity index (χ1v) is 13.0. The van der Waals surface area contributed by atoms with E-state index in [0.717, 1.165) is 46.5 Å². The van der Waals surface area contributed by atoms with E-state index in [1.807, 2.05) is 42.5 Å². The summed E-state index contributed by atoms with van der Waals surface area (Å²) in [5.41, 5.74) is 4.07. The van der Waals surface area contributed by atoms with Crippen LogP contribution in [0.25, 0.3) is 11.0 Å². The maximum absolute atomic E-state index is 12.5. The molecule has 1 heterocycles. The van der Waals surface area contributed by atoms with Crippen molar-refractivity contribution in [1.29, 1.82) is 0 Å². The first kappa shape index (κ1) is 25.0. The van der Waals surface area contributed by atoms with Gasteiger partial charge in [-0.1, -0.05) is 60.1 Å². The Balaban J connectivity index is 1.34. The van der Waals surface area contributed by atoms with E-state index in [1.165, 1.54) is 5.56 Å². The standard InChI is InChI=1S/C29H32BrN3O2/c1-3-21(2)22-12-14-25(15-13-22)35-19-7-18-33-27-11-5-4-10-26(27)32-28(33)16-17-31-29(34)23-8-6-9-24(30)20-23/h4-6,8-15,20-21H,3,7,16-19H2,1-2H3,(H,31,34). The summed E-state index contributed by atoms with van der Waals surface area (Å²) in [6.45, 7) is 6.41. The second-order valence-electron chi connectivity index (χ2n) is 8.76. The van der Waals surface area contributed by atoms with Gasteiger partial charge in [-0.05, 0) is 66.8 Å². The number of rotatable bonds is 11. The van der Waals surface area contributed by atoms with Gasteiger partial charge in [0.25, 0.3) is 5.91 Å². The third kappa shape index (κ3) is 6.51. The lowest BCUT2D eigenvalue weighted by molar-refractivity contribution is 0.0954. The molecule has 4 rings (SSSR count).